The van der Waals surface area contributed by atoms with Crippen LogP contribution in [0.1, 0.15) is 30.1 Å². The van der Waals surface area contributed by atoms with Crippen LogP contribution in [0.5, 0.6) is 5.75 Å². The molecule has 0 aliphatic carbocycles. The maximum absolute atomic E-state index is 11.8. The van der Waals surface area contributed by atoms with Gasteiger partial charge in [-0.25, -0.2) is 4.79 Å². The highest BCUT2D eigenvalue weighted by Crippen LogP contribution is 2.23. The maximum Gasteiger partial charge on any atom is 0.338 e. The van der Waals surface area contributed by atoms with Crippen LogP contribution in [0.25, 0.3) is 11.1 Å². The molecule has 0 bridgehead atoms. The number of methoxy groups -OCH3 is 1. The van der Waals surface area contributed by atoms with Crippen LogP contribution in [0.2, 0.25) is 0 Å². The fourth-order valence-corrected chi connectivity index (χ4v) is 2.18. The summed E-state index contributed by atoms with van der Waals surface area (Å²) in [7, 11) is 1.57. The molecular weight excluding hydrogens is 304 g/mol. The largest absolute Gasteiger partial charge is 0.494 e. The van der Waals surface area contributed by atoms with Gasteiger partial charge in [0.25, 0.3) is 0 Å². The van der Waals surface area contributed by atoms with Crippen molar-refractivity contribution in [1.82, 2.24) is 0 Å². The van der Waals surface area contributed by atoms with Crippen LogP contribution >= 0.6 is 0 Å². The van der Waals surface area contributed by atoms with Gasteiger partial charge >= 0.3 is 5.97 Å². The lowest BCUT2D eigenvalue weighted by Crippen LogP contribution is -2.09. The van der Waals surface area contributed by atoms with Crippen LogP contribution < -0.4 is 4.74 Å². The number of esters is 1. The predicted octanol–water partition coefficient (Wildman–Crippen LogP) is 4.34. The van der Waals surface area contributed by atoms with Crippen molar-refractivity contribution < 1.29 is 19.0 Å². The van der Waals surface area contributed by atoms with E-state index in [2.05, 4.69) is 6.92 Å². The van der Waals surface area contributed by atoms with Crippen molar-refractivity contribution in [1.29, 1.82) is 0 Å². The third-order valence-corrected chi connectivity index (χ3v) is 3.60. The zero-order valence-corrected chi connectivity index (χ0v) is 14.3. The highest BCUT2D eigenvalue weighted by Gasteiger charge is 2.07. The zero-order valence-electron chi connectivity index (χ0n) is 14.3. The minimum absolute atomic E-state index is 0.260. The minimum atomic E-state index is -0.335. The number of unbranched alkanes of at least 4 members (excludes halogenated alkanes) is 1. The lowest BCUT2D eigenvalue weighted by Gasteiger charge is -2.08. The van der Waals surface area contributed by atoms with Gasteiger partial charge in [0.1, 0.15) is 12.4 Å². The molecule has 4 heteroatoms. The van der Waals surface area contributed by atoms with Crippen molar-refractivity contribution in [2.45, 2.75) is 19.8 Å². The van der Waals surface area contributed by atoms with Crippen LogP contribution in [0.3, 0.4) is 0 Å². The first-order valence-corrected chi connectivity index (χ1v) is 8.24. The molecule has 0 saturated carbocycles. The number of ether oxygens (including phenoxy) is 3. The van der Waals surface area contributed by atoms with Crippen molar-refractivity contribution in [2.24, 2.45) is 0 Å². The zero-order chi connectivity index (χ0) is 17.2. The highest BCUT2D eigenvalue weighted by atomic mass is 16.6. The van der Waals surface area contributed by atoms with Gasteiger partial charge in [0.05, 0.1) is 18.8 Å². The van der Waals surface area contributed by atoms with E-state index >= 15 is 0 Å². The molecule has 0 saturated heterocycles. The summed E-state index contributed by atoms with van der Waals surface area (Å²) < 4.78 is 15.6. The van der Waals surface area contributed by atoms with Gasteiger partial charge in [-0.15, -0.1) is 0 Å². The Balaban J connectivity index is 1.96. The van der Waals surface area contributed by atoms with Crippen molar-refractivity contribution in [2.75, 3.05) is 26.9 Å². The van der Waals surface area contributed by atoms with E-state index in [0.717, 1.165) is 36.3 Å². The third-order valence-electron chi connectivity index (χ3n) is 3.60. The Bertz CT molecular complexity index is 617. The van der Waals surface area contributed by atoms with E-state index in [4.69, 9.17) is 14.2 Å². The minimum Gasteiger partial charge on any atom is -0.494 e. The van der Waals surface area contributed by atoms with E-state index in [-0.39, 0.29) is 12.6 Å². The van der Waals surface area contributed by atoms with Crippen LogP contribution in [0.4, 0.5) is 0 Å². The molecule has 0 aliphatic rings. The number of benzene rings is 2. The molecule has 0 fully saturated rings. The Kier molecular flexibility index (Phi) is 7.30. The smallest absolute Gasteiger partial charge is 0.338 e. The summed E-state index contributed by atoms with van der Waals surface area (Å²) in [4.78, 5) is 11.8. The van der Waals surface area contributed by atoms with Gasteiger partial charge in [0.15, 0.2) is 0 Å². The maximum atomic E-state index is 11.8. The molecule has 0 aromatic heterocycles. The van der Waals surface area contributed by atoms with E-state index < -0.39 is 0 Å². The quantitative estimate of drug-likeness (QED) is 0.507. The average Bonchev–Trinajstić information content (AvgIpc) is 2.63. The molecule has 0 heterocycles. The monoisotopic (exact) mass is 328 g/mol. The molecule has 0 N–H and O–H groups in total. The van der Waals surface area contributed by atoms with Gasteiger partial charge in [-0.05, 0) is 41.8 Å². The second-order valence-corrected chi connectivity index (χ2v) is 5.43. The number of carbonyl (C=O) groups is 1. The second kappa shape index (κ2) is 9.73. The molecule has 2 aromatic carbocycles. The summed E-state index contributed by atoms with van der Waals surface area (Å²) in [6.45, 7) is 3.55. The average molecular weight is 328 g/mol. The van der Waals surface area contributed by atoms with Crippen LogP contribution in [0, 0.1) is 0 Å². The van der Waals surface area contributed by atoms with Gasteiger partial charge in [0.2, 0.25) is 0 Å². The number of hydrogen-bond donors (Lipinski definition) is 0. The normalized spacial score (nSPS) is 10.4. The predicted molar refractivity (Wildman–Crippen MR) is 94.4 cm³/mol. The first-order chi connectivity index (χ1) is 11.7. The molecule has 24 heavy (non-hydrogen) atoms. The number of rotatable bonds is 9. The molecule has 0 atom stereocenters. The fraction of sp³-hybridized carbons (Fsp3) is 0.350. The molecule has 128 valence electrons. The second-order valence-electron chi connectivity index (χ2n) is 5.43. The van der Waals surface area contributed by atoms with Gasteiger partial charge in [-0.2, -0.15) is 0 Å². The summed E-state index contributed by atoms with van der Waals surface area (Å²) in [6.07, 6.45) is 2.18. The van der Waals surface area contributed by atoms with Crippen LogP contribution in [-0.4, -0.2) is 32.9 Å². The standard InChI is InChI=1S/C20H24O4/c1-3-4-13-23-19-11-9-17(10-12-19)16-5-7-18(8-6-16)20(21)24-15-14-22-2/h5-12H,3-4,13-15H2,1-2H3. The summed E-state index contributed by atoms with van der Waals surface area (Å²) >= 11 is 0. The summed E-state index contributed by atoms with van der Waals surface area (Å²) in [5.41, 5.74) is 2.66. The number of hydrogen-bond acceptors (Lipinski definition) is 4. The Morgan fingerprint density at radius 3 is 2.08 bits per heavy atom. The molecular formula is C20H24O4. The summed E-state index contributed by atoms with van der Waals surface area (Å²) in [5, 5.41) is 0. The van der Waals surface area contributed by atoms with Gasteiger partial charge in [-0.3, -0.25) is 0 Å². The molecule has 2 aromatic rings. The van der Waals surface area contributed by atoms with Crippen LogP contribution in [-0.2, 0) is 9.47 Å². The van der Waals surface area contributed by atoms with Gasteiger partial charge in [-0.1, -0.05) is 37.6 Å². The van der Waals surface area contributed by atoms with E-state index in [1.165, 1.54) is 0 Å². The molecule has 2 rings (SSSR count). The van der Waals surface area contributed by atoms with Crippen molar-refractivity contribution in [3.05, 3.63) is 54.1 Å². The SMILES string of the molecule is CCCCOc1ccc(-c2ccc(C(=O)OCCOC)cc2)cc1. The molecule has 0 amide bonds. The first-order valence-electron chi connectivity index (χ1n) is 8.24. The van der Waals surface area contributed by atoms with Crippen molar-refractivity contribution in [3.63, 3.8) is 0 Å². The van der Waals surface area contributed by atoms with E-state index in [9.17, 15) is 4.79 Å². The molecule has 0 spiro atoms. The first kappa shape index (κ1) is 18.0. The molecule has 0 aliphatic heterocycles. The third kappa shape index (κ3) is 5.39. The van der Waals surface area contributed by atoms with Crippen molar-refractivity contribution in [3.8, 4) is 16.9 Å². The van der Waals surface area contributed by atoms with Gasteiger partial charge < -0.3 is 14.2 Å². The highest BCUT2D eigenvalue weighted by molar-refractivity contribution is 5.90. The Labute approximate surface area is 143 Å². The summed E-state index contributed by atoms with van der Waals surface area (Å²) in [5.74, 6) is 0.545. The number of carbonyl (C=O) groups excluding carboxylic acids is 1. The lowest BCUT2D eigenvalue weighted by molar-refractivity contribution is 0.0388. The van der Waals surface area contributed by atoms with Gasteiger partial charge in [0, 0.05) is 7.11 Å². The molecule has 4 nitrogen and oxygen atoms in total. The lowest BCUT2D eigenvalue weighted by atomic mass is 10.0. The Morgan fingerprint density at radius 1 is 0.875 bits per heavy atom. The van der Waals surface area contributed by atoms with Crippen molar-refractivity contribution >= 4 is 5.97 Å². The van der Waals surface area contributed by atoms with Crippen LogP contribution in [0.15, 0.2) is 48.5 Å². The van der Waals surface area contributed by atoms with E-state index in [1.54, 1.807) is 19.2 Å². The molecule has 0 unspecified atom stereocenters. The summed E-state index contributed by atoms with van der Waals surface area (Å²) in [6, 6.07) is 15.4. The van der Waals surface area contributed by atoms with E-state index in [0.29, 0.717) is 12.2 Å². The topological polar surface area (TPSA) is 44.8 Å². The van der Waals surface area contributed by atoms with E-state index in [1.807, 2.05) is 36.4 Å². The Hall–Kier alpha value is -2.33. The molecule has 0 radical (unpaired) electrons. The Morgan fingerprint density at radius 2 is 1.50 bits per heavy atom. The fourth-order valence-electron chi connectivity index (χ4n) is 2.18.